The van der Waals surface area contributed by atoms with Crippen LogP contribution in [0.2, 0.25) is 5.02 Å². The van der Waals surface area contributed by atoms with Crippen molar-refractivity contribution in [2.45, 2.75) is 45.8 Å². The summed E-state index contributed by atoms with van der Waals surface area (Å²) in [6.07, 6.45) is -1.17. The number of aromatic nitrogens is 1. The Morgan fingerprint density at radius 3 is 2.57 bits per heavy atom. The van der Waals surface area contributed by atoms with E-state index in [0.717, 1.165) is 0 Å². The predicted octanol–water partition coefficient (Wildman–Crippen LogP) is 5.56. The van der Waals surface area contributed by atoms with Gasteiger partial charge >= 0.3 is 11.9 Å². The number of ether oxygens (including phenoxy) is 4. The fourth-order valence-electron chi connectivity index (χ4n) is 4.83. The molecule has 0 unspecified atom stereocenters. The Morgan fingerprint density at radius 2 is 1.93 bits per heavy atom. The van der Waals surface area contributed by atoms with Crippen molar-refractivity contribution in [1.82, 2.24) is 4.98 Å². The van der Waals surface area contributed by atoms with Gasteiger partial charge in [0.25, 0.3) is 5.91 Å². The molecule has 0 saturated heterocycles. The summed E-state index contributed by atoms with van der Waals surface area (Å²) in [5.74, 6) is -0.866. The summed E-state index contributed by atoms with van der Waals surface area (Å²) < 4.78 is 23.2. The molecule has 42 heavy (non-hydrogen) atoms. The molecule has 2 atom stereocenters. The summed E-state index contributed by atoms with van der Waals surface area (Å²) in [6.45, 7) is 5.48. The molecular weight excluding hydrogens is 584 g/mol. The van der Waals surface area contributed by atoms with Crippen LogP contribution in [-0.4, -0.2) is 61.4 Å². The van der Waals surface area contributed by atoms with Gasteiger partial charge in [-0.05, 0) is 30.7 Å². The summed E-state index contributed by atoms with van der Waals surface area (Å²) in [6, 6.07) is 10.7. The third kappa shape index (κ3) is 7.03. The van der Waals surface area contributed by atoms with Gasteiger partial charge in [0.1, 0.15) is 12.2 Å². The van der Waals surface area contributed by atoms with E-state index in [-0.39, 0.29) is 31.2 Å². The van der Waals surface area contributed by atoms with Crippen LogP contribution in [0.4, 0.5) is 5.69 Å². The van der Waals surface area contributed by atoms with Crippen molar-refractivity contribution in [2.75, 3.05) is 32.3 Å². The highest BCUT2D eigenvalue weighted by atomic mass is 35.5. The maximum absolute atomic E-state index is 14.3. The summed E-state index contributed by atoms with van der Waals surface area (Å²) in [5, 5.41) is 11.8. The molecule has 1 aliphatic heterocycles. The highest BCUT2D eigenvalue weighted by molar-refractivity contribution is 7.09. The first-order valence-corrected chi connectivity index (χ1v) is 14.5. The predicted molar refractivity (Wildman–Crippen MR) is 158 cm³/mol. The second-order valence-electron chi connectivity index (χ2n) is 10.6. The number of aromatic carboxylic acids is 1. The Labute approximate surface area is 253 Å². The summed E-state index contributed by atoms with van der Waals surface area (Å²) in [4.78, 5) is 43.0. The number of benzene rings is 2. The molecule has 3 aromatic rings. The number of hydrogen-bond acceptors (Lipinski definition) is 9. The zero-order valence-corrected chi connectivity index (χ0v) is 25.6. The molecule has 10 nitrogen and oxygen atoms in total. The van der Waals surface area contributed by atoms with E-state index in [2.05, 4.69) is 4.98 Å². The van der Waals surface area contributed by atoms with Crippen LogP contribution in [0.25, 0.3) is 0 Å². The monoisotopic (exact) mass is 616 g/mol. The third-order valence-electron chi connectivity index (χ3n) is 6.76. The molecule has 0 aliphatic carbocycles. The molecule has 1 aromatic heterocycles. The van der Waals surface area contributed by atoms with E-state index in [9.17, 15) is 19.5 Å². The quantitative estimate of drug-likeness (QED) is 0.276. The Hall–Kier alpha value is -3.67. The second-order valence-corrected chi connectivity index (χ2v) is 12.0. The first-order chi connectivity index (χ1) is 19.9. The van der Waals surface area contributed by atoms with Crippen LogP contribution in [0.15, 0.2) is 41.8 Å². The molecule has 2 heterocycles. The number of carbonyl (C=O) groups excluding carboxylic acids is 2. The van der Waals surface area contributed by atoms with Gasteiger partial charge in [-0.3, -0.25) is 9.59 Å². The fourth-order valence-corrected chi connectivity index (χ4v) is 5.80. The van der Waals surface area contributed by atoms with Gasteiger partial charge in [0.2, 0.25) is 0 Å². The van der Waals surface area contributed by atoms with Crippen LogP contribution in [0.1, 0.15) is 59.9 Å². The Bertz CT molecular complexity index is 1470. The molecular formula is C30H33ClN2O8S. The number of amides is 1. The number of rotatable bonds is 11. The lowest BCUT2D eigenvalue weighted by Gasteiger charge is -2.33. The van der Waals surface area contributed by atoms with Gasteiger partial charge in [-0.25, -0.2) is 9.78 Å². The minimum absolute atomic E-state index is 0.0435. The van der Waals surface area contributed by atoms with Crippen molar-refractivity contribution < 1.29 is 38.4 Å². The minimum atomic E-state index is -1.11. The van der Waals surface area contributed by atoms with E-state index in [1.807, 2.05) is 26.0 Å². The number of methoxy groups -OCH3 is 2. The van der Waals surface area contributed by atoms with E-state index < -0.39 is 29.6 Å². The number of thiazole rings is 1. The van der Waals surface area contributed by atoms with Crippen LogP contribution in [0.5, 0.6) is 11.5 Å². The van der Waals surface area contributed by atoms with E-state index in [1.54, 1.807) is 36.3 Å². The van der Waals surface area contributed by atoms with E-state index in [0.29, 0.717) is 44.8 Å². The van der Waals surface area contributed by atoms with Crippen molar-refractivity contribution in [1.29, 1.82) is 0 Å². The minimum Gasteiger partial charge on any atom is -0.493 e. The largest absolute Gasteiger partial charge is 0.493 e. The van der Waals surface area contributed by atoms with Crippen molar-refractivity contribution >= 4 is 46.5 Å². The molecule has 1 aliphatic rings. The molecule has 0 spiro atoms. The van der Waals surface area contributed by atoms with Gasteiger partial charge in [-0.2, -0.15) is 0 Å². The maximum Gasteiger partial charge on any atom is 0.355 e. The Kier molecular flexibility index (Phi) is 9.75. The van der Waals surface area contributed by atoms with Crippen molar-refractivity contribution in [2.24, 2.45) is 5.41 Å². The molecule has 0 bridgehead atoms. The third-order valence-corrected chi connectivity index (χ3v) is 7.91. The highest BCUT2D eigenvalue weighted by Gasteiger charge is 2.40. The van der Waals surface area contributed by atoms with Gasteiger partial charge in [0.15, 0.2) is 17.2 Å². The van der Waals surface area contributed by atoms with Crippen LogP contribution in [0, 0.1) is 5.41 Å². The summed E-state index contributed by atoms with van der Waals surface area (Å²) in [7, 11) is 3.07. The normalized spacial score (nSPS) is 16.9. The lowest BCUT2D eigenvalue weighted by molar-refractivity contribution is -0.143. The molecule has 0 saturated carbocycles. The molecule has 2 aromatic carbocycles. The number of fused-ring (bicyclic) bond motifs is 1. The highest BCUT2D eigenvalue weighted by Crippen LogP contribution is 2.45. The van der Waals surface area contributed by atoms with E-state index >= 15 is 0 Å². The van der Waals surface area contributed by atoms with Crippen LogP contribution < -0.4 is 14.4 Å². The van der Waals surface area contributed by atoms with Gasteiger partial charge < -0.3 is 29.0 Å². The van der Waals surface area contributed by atoms with Gasteiger partial charge in [0.05, 0.1) is 25.8 Å². The lowest BCUT2D eigenvalue weighted by atomic mass is 9.92. The zero-order valence-electron chi connectivity index (χ0n) is 24.0. The molecule has 224 valence electrons. The van der Waals surface area contributed by atoms with Crippen molar-refractivity contribution in [3.63, 3.8) is 0 Å². The van der Waals surface area contributed by atoms with Gasteiger partial charge in [0, 0.05) is 52.5 Å². The first-order valence-electron chi connectivity index (χ1n) is 13.2. The maximum atomic E-state index is 14.3. The van der Waals surface area contributed by atoms with Crippen LogP contribution in [-0.2, 0) is 25.5 Å². The van der Waals surface area contributed by atoms with Crippen LogP contribution in [0.3, 0.4) is 0 Å². The smallest absolute Gasteiger partial charge is 0.355 e. The fraction of sp³-hybridized carbons (Fsp3) is 0.400. The topological polar surface area (TPSA) is 124 Å². The average molecular weight is 617 g/mol. The van der Waals surface area contributed by atoms with Gasteiger partial charge in [-0.15, -0.1) is 11.3 Å². The average Bonchev–Trinajstić information content (AvgIpc) is 3.40. The number of carboxylic acids is 1. The second kappa shape index (κ2) is 13.1. The van der Waals surface area contributed by atoms with Crippen molar-refractivity contribution in [3.05, 3.63) is 68.6 Å². The number of hydrogen-bond donors (Lipinski definition) is 1. The first kappa shape index (κ1) is 31.3. The number of para-hydroxylation sites is 1. The number of anilines is 1. The van der Waals surface area contributed by atoms with Gasteiger partial charge in [-0.1, -0.05) is 37.6 Å². The lowest BCUT2D eigenvalue weighted by Crippen LogP contribution is -2.45. The number of halogens is 1. The molecule has 1 amide bonds. The number of nitrogens with zero attached hydrogens (tertiary/aromatic N) is 2. The molecule has 12 heteroatoms. The standard InChI is InChI=1S/C30H33ClN2O8S/c1-17(34)40-16-30(2,3)15-33-22-10-9-18(31)13-20(22)26(19-7-6-8-23(38-4)27(19)39-5)41-24(28(33)35)11-12-25-32-21(14-42-25)29(36)37/h6-10,13-14,24,26H,11-12,15-16H2,1-5H3,(H,36,37)/t24-,26-/m1/s1. The summed E-state index contributed by atoms with van der Waals surface area (Å²) in [5.41, 5.74) is 1.23. The molecule has 4 rings (SSSR count). The van der Waals surface area contributed by atoms with Crippen molar-refractivity contribution in [3.8, 4) is 11.5 Å². The van der Waals surface area contributed by atoms with E-state index in [1.165, 1.54) is 30.8 Å². The Balaban J connectivity index is 1.81. The number of esters is 1. The molecule has 0 fully saturated rings. The SMILES string of the molecule is COc1cccc([C@H]2O[C@H](CCc3nc(C(=O)O)cs3)C(=O)N(CC(C)(C)COC(C)=O)c3ccc(Cl)cc32)c1OC. The van der Waals surface area contributed by atoms with Crippen LogP contribution >= 0.6 is 22.9 Å². The summed E-state index contributed by atoms with van der Waals surface area (Å²) >= 11 is 7.71. The number of carbonyl (C=O) groups is 3. The molecule has 0 radical (unpaired) electrons. The molecule has 1 N–H and O–H groups in total. The Morgan fingerprint density at radius 1 is 1.17 bits per heavy atom. The number of carboxylic acid groups (broad SMARTS) is 1. The zero-order chi connectivity index (χ0) is 30.6. The van der Waals surface area contributed by atoms with E-state index in [4.69, 9.17) is 30.5 Å². The number of aryl methyl sites for hydroxylation is 1.